The molecule has 1 aromatic heterocycles. The summed E-state index contributed by atoms with van der Waals surface area (Å²) in [6.45, 7) is 0. The summed E-state index contributed by atoms with van der Waals surface area (Å²) in [6.07, 6.45) is 1.34. The smallest absolute Gasteiger partial charge is 0.263 e. The number of hydrogen-bond acceptors (Lipinski definition) is 7. The predicted molar refractivity (Wildman–Crippen MR) is 101 cm³/mol. The summed E-state index contributed by atoms with van der Waals surface area (Å²) in [7, 11) is 4.55. The van der Waals surface area contributed by atoms with Gasteiger partial charge in [-0.2, -0.15) is 0 Å². The maximum atomic E-state index is 11.9. The second-order valence-electron chi connectivity index (χ2n) is 5.41. The number of thiocarbonyl (C=S) groups is 1. The molecule has 8 nitrogen and oxygen atoms in total. The van der Waals surface area contributed by atoms with Gasteiger partial charge in [0.15, 0.2) is 16.6 Å². The number of hydrogen-bond donors (Lipinski definition) is 2. The zero-order valence-electron chi connectivity index (χ0n) is 14.7. The summed E-state index contributed by atoms with van der Waals surface area (Å²) in [4.78, 5) is 23.8. The second-order valence-corrected chi connectivity index (χ2v) is 5.82. The Balaban J connectivity index is 1.97. The molecule has 0 bridgehead atoms. The van der Waals surface area contributed by atoms with Gasteiger partial charge >= 0.3 is 0 Å². The van der Waals surface area contributed by atoms with Crippen LogP contribution < -0.4 is 24.8 Å². The van der Waals surface area contributed by atoms with Crippen molar-refractivity contribution in [3.63, 3.8) is 0 Å². The van der Waals surface area contributed by atoms with Gasteiger partial charge in [0.2, 0.25) is 5.75 Å². The first-order chi connectivity index (χ1) is 13.0. The number of ether oxygens (including phenoxy) is 3. The number of methoxy groups -OCH3 is 3. The molecule has 2 N–H and O–H groups in total. The van der Waals surface area contributed by atoms with Crippen LogP contribution in [0.4, 0.5) is 0 Å². The molecule has 0 unspecified atom stereocenters. The first-order valence-corrected chi connectivity index (χ1v) is 8.16. The van der Waals surface area contributed by atoms with E-state index in [1.54, 1.807) is 24.3 Å². The van der Waals surface area contributed by atoms with E-state index in [4.69, 9.17) is 30.8 Å². The van der Waals surface area contributed by atoms with Crippen molar-refractivity contribution in [3.8, 4) is 28.6 Å². The number of furan rings is 1. The first-order valence-electron chi connectivity index (χ1n) is 7.75. The monoisotopic (exact) mass is 388 g/mol. The van der Waals surface area contributed by atoms with Crippen LogP contribution in [0, 0.1) is 0 Å². The Labute approximate surface area is 160 Å². The van der Waals surface area contributed by atoms with Gasteiger partial charge < -0.3 is 18.6 Å². The van der Waals surface area contributed by atoms with Crippen molar-refractivity contribution in [1.29, 1.82) is 0 Å². The number of rotatable bonds is 5. The Morgan fingerprint density at radius 3 is 2.07 bits per heavy atom. The van der Waals surface area contributed by atoms with Crippen LogP contribution in [0.1, 0.15) is 5.76 Å². The average molecular weight is 388 g/mol. The number of amides is 2. The van der Waals surface area contributed by atoms with Gasteiger partial charge in [0.25, 0.3) is 11.8 Å². The Hall–Kier alpha value is -3.33. The van der Waals surface area contributed by atoms with Gasteiger partial charge in [-0.15, -0.1) is 0 Å². The molecular formula is C18H16N2O6S. The summed E-state index contributed by atoms with van der Waals surface area (Å²) in [5, 5.41) is 4.70. The highest BCUT2D eigenvalue weighted by Crippen LogP contribution is 2.41. The molecule has 2 heterocycles. The van der Waals surface area contributed by atoms with Crippen LogP contribution in [-0.4, -0.2) is 38.3 Å². The normalized spacial score (nSPS) is 13.7. The summed E-state index contributed by atoms with van der Waals surface area (Å²) in [5.41, 5.74) is 0.572. The molecule has 3 rings (SSSR count). The summed E-state index contributed by atoms with van der Waals surface area (Å²) < 4.78 is 21.7. The fourth-order valence-corrected chi connectivity index (χ4v) is 2.74. The van der Waals surface area contributed by atoms with Crippen molar-refractivity contribution in [2.75, 3.05) is 21.3 Å². The molecule has 140 valence electrons. The number of nitrogens with one attached hydrogen (secondary N) is 2. The Morgan fingerprint density at radius 1 is 0.963 bits per heavy atom. The lowest BCUT2D eigenvalue weighted by Gasteiger charge is -2.15. The third-order valence-electron chi connectivity index (χ3n) is 3.81. The fourth-order valence-electron chi connectivity index (χ4n) is 2.56. The molecule has 1 aliphatic heterocycles. The molecular weight excluding hydrogens is 372 g/mol. The fraction of sp³-hybridized carbons (Fsp3) is 0.167. The van der Waals surface area contributed by atoms with E-state index in [2.05, 4.69) is 10.6 Å². The van der Waals surface area contributed by atoms with Crippen molar-refractivity contribution < 1.29 is 28.2 Å². The van der Waals surface area contributed by atoms with Crippen LogP contribution >= 0.6 is 12.2 Å². The summed E-state index contributed by atoms with van der Waals surface area (Å²) in [5.74, 6) is 1.05. The van der Waals surface area contributed by atoms with Crippen LogP contribution in [0.15, 0.2) is 34.3 Å². The molecule has 1 fully saturated rings. The molecule has 0 radical (unpaired) electrons. The Kier molecular flexibility index (Phi) is 5.13. The van der Waals surface area contributed by atoms with Gasteiger partial charge in [0.05, 0.1) is 21.3 Å². The zero-order valence-corrected chi connectivity index (χ0v) is 15.6. The minimum atomic E-state index is -0.588. The number of benzene rings is 1. The third-order valence-corrected chi connectivity index (χ3v) is 4.01. The van der Waals surface area contributed by atoms with Crippen LogP contribution in [0.3, 0.4) is 0 Å². The van der Waals surface area contributed by atoms with E-state index in [1.165, 1.54) is 27.4 Å². The van der Waals surface area contributed by atoms with Gasteiger partial charge in [-0.1, -0.05) is 0 Å². The lowest BCUT2D eigenvalue weighted by molar-refractivity contribution is -0.123. The molecule has 2 amide bonds. The van der Waals surface area contributed by atoms with E-state index in [9.17, 15) is 9.59 Å². The van der Waals surface area contributed by atoms with Crippen LogP contribution in [-0.2, 0) is 9.59 Å². The maximum absolute atomic E-state index is 11.9. The van der Waals surface area contributed by atoms with E-state index >= 15 is 0 Å². The SMILES string of the molecule is COc1cc(-c2ccc(C=C3C(=O)NC(=S)NC3=O)o2)cc(OC)c1OC. The third kappa shape index (κ3) is 3.63. The summed E-state index contributed by atoms with van der Waals surface area (Å²) >= 11 is 4.76. The number of carbonyl (C=O) groups excluding carboxylic acids is 2. The van der Waals surface area contributed by atoms with E-state index in [0.717, 1.165) is 0 Å². The van der Waals surface area contributed by atoms with Crippen molar-refractivity contribution in [1.82, 2.24) is 10.6 Å². The van der Waals surface area contributed by atoms with Crippen molar-refractivity contribution in [2.45, 2.75) is 0 Å². The standard InChI is InChI=1S/C18H16N2O6S/c1-23-13-6-9(7-14(24-2)15(13)25-3)12-5-4-10(26-12)8-11-16(21)19-18(27)20-17(11)22/h4-8H,1-3H3,(H2,19,20,21,22,27). The molecule has 0 aliphatic carbocycles. The quantitative estimate of drug-likeness (QED) is 0.458. The van der Waals surface area contributed by atoms with Gasteiger partial charge in [0.1, 0.15) is 17.1 Å². The van der Waals surface area contributed by atoms with Crippen LogP contribution in [0.5, 0.6) is 17.2 Å². The lowest BCUT2D eigenvalue weighted by Crippen LogP contribution is -2.51. The molecule has 0 atom stereocenters. The van der Waals surface area contributed by atoms with E-state index in [-0.39, 0.29) is 10.7 Å². The van der Waals surface area contributed by atoms with Gasteiger partial charge in [0, 0.05) is 5.56 Å². The second kappa shape index (κ2) is 7.50. The van der Waals surface area contributed by atoms with Gasteiger partial charge in [-0.25, -0.2) is 0 Å². The Morgan fingerprint density at radius 2 is 1.56 bits per heavy atom. The highest BCUT2D eigenvalue weighted by Gasteiger charge is 2.26. The van der Waals surface area contributed by atoms with E-state index in [1.807, 2.05) is 0 Å². The molecule has 0 spiro atoms. The van der Waals surface area contributed by atoms with E-state index in [0.29, 0.717) is 34.3 Å². The predicted octanol–water partition coefficient (Wildman–Crippen LogP) is 1.89. The molecule has 2 aromatic rings. The molecule has 9 heteroatoms. The highest BCUT2D eigenvalue weighted by molar-refractivity contribution is 7.80. The number of carbonyl (C=O) groups is 2. The Bertz CT molecular complexity index is 916. The van der Waals surface area contributed by atoms with Crippen LogP contribution in [0.2, 0.25) is 0 Å². The lowest BCUT2D eigenvalue weighted by atomic mass is 10.1. The van der Waals surface area contributed by atoms with Crippen molar-refractivity contribution in [2.24, 2.45) is 0 Å². The van der Waals surface area contributed by atoms with Gasteiger partial charge in [-0.3, -0.25) is 20.2 Å². The van der Waals surface area contributed by atoms with Crippen molar-refractivity contribution in [3.05, 3.63) is 35.6 Å². The maximum Gasteiger partial charge on any atom is 0.263 e. The average Bonchev–Trinajstić information content (AvgIpc) is 3.12. The molecule has 0 saturated carbocycles. The van der Waals surface area contributed by atoms with Crippen molar-refractivity contribution >= 4 is 35.2 Å². The highest BCUT2D eigenvalue weighted by atomic mass is 32.1. The van der Waals surface area contributed by atoms with E-state index < -0.39 is 11.8 Å². The summed E-state index contributed by atoms with van der Waals surface area (Å²) in [6, 6.07) is 6.81. The topological polar surface area (TPSA) is 99.0 Å². The molecule has 27 heavy (non-hydrogen) atoms. The minimum absolute atomic E-state index is 0.0280. The zero-order chi connectivity index (χ0) is 19.6. The van der Waals surface area contributed by atoms with Gasteiger partial charge in [-0.05, 0) is 42.6 Å². The molecule has 1 saturated heterocycles. The van der Waals surface area contributed by atoms with Crippen LogP contribution in [0.25, 0.3) is 17.4 Å². The molecule has 1 aromatic carbocycles. The largest absolute Gasteiger partial charge is 0.493 e. The molecule has 1 aliphatic rings. The minimum Gasteiger partial charge on any atom is -0.493 e. The first kappa shape index (κ1) is 18.5.